The van der Waals surface area contributed by atoms with Crippen LogP contribution in [-0.2, 0) is 13.2 Å². The topological polar surface area (TPSA) is 30.7 Å². The molecule has 3 aromatic rings. The molecule has 1 aromatic heterocycles. The Morgan fingerprint density at radius 2 is 1.62 bits per heavy atom. The number of alkyl halides is 3. The Kier molecular flexibility index (Phi) is 4.27. The molecule has 2 aromatic carbocycles. The predicted molar refractivity (Wildman–Crippen MR) is 86.9 cm³/mol. The molecular formula is C16H10Cl2F3N3. The number of hydrogen-bond donors (Lipinski definition) is 0. The zero-order valence-electron chi connectivity index (χ0n) is 12.3. The summed E-state index contributed by atoms with van der Waals surface area (Å²) >= 11 is 12.1. The maximum atomic E-state index is 13.2. The van der Waals surface area contributed by atoms with Gasteiger partial charge in [0.25, 0.3) is 0 Å². The molecule has 0 unspecified atom stereocenters. The summed E-state index contributed by atoms with van der Waals surface area (Å²) in [7, 11) is 1.53. The summed E-state index contributed by atoms with van der Waals surface area (Å²) in [5.74, 6) is 0.297. The smallest absolute Gasteiger partial charge is 0.248 e. The molecule has 0 spiro atoms. The predicted octanol–water partition coefficient (Wildman–Crippen LogP) is 5.47. The van der Waals surface area contributed by atoms with Crippen molar-refractivity contribution in [1.82, 2.24) is 14.8 Å². The molecule has 8 heteroatoms. The molecular weight excluding hydrogens is 362 g/mol. The van der Waals surface area contributed by atoms with Crippen molar-refractivity contribution in [3.63, 3.8) is 0 Å². The highest BCUT2D eigenvalue weighted by Crippen LogP contribution is 2.37. The van der Waals surface area contributed by atoms with E-state index in [1.165, 1.54) is 29.9 Å². The van der Waals surface area contributed by atoms with Gasteiger partial charge in [-0.2, -0.15) is 18.3 Å². The first-order valence-corrected chi connectivity index (χ1v) is 7.56. The quantitative estimate of drug-likeness (QED) is 0.597. The van der Waals surface area contributed by atoms with Crippen LogP contribution in [0.1, 0.15) is 5.56 Å². The van der Waals surface area contributed by atoms with E-state index in [0.29, 0.717) is 10.6 Å². The van der Waals surface area contributed by atoms with Crippen LogP contribution >= 0.6 is 23.2 Å². The minimum atomic E-state index is -4.49. The fourth-order valence-electron chi connectivity index (χ4n) is 2.33. The molecule has 0 radical (unpaired) electrons. The molecule has 24 heavy (non-hydrogen) atoms. The Labute approximate surface area is 145 Å². The summed E-state index contributed by atoms with van der Waals surface area (Å²) in [5, 5.41) is 4.75. The first-order chi connectivity index (χ1) is 11.3. The molecule has 0 saturated heterocycles. The maximum Gasteiger partial charge on any atom is 0.417 e. The normalized spacial score (nSPS) is 11.8. The van der Waals surface area contributed by atoms with Gasteiger partial charge in [0.1, 0.15) is 0 Å². The van der Waals surface area contributed by atoms with Crippen molar-refractivity contribution in [1.29, 1.82) is 0 Å². The van der Waals surface area contributed by atoms with Crippen LogP contribution in [0.4, 0.5) is 13.2 Å². The van der Waals surface area contributed by atoms with Gasteiger partial charge in [-0.15, -0.1) is 0 Å². The molecule has 1 heterocycles. The fraction of sp³-hybridized carbons (Fsp3) is 0.125. The van der Waals surface area contributed by atoms with Crippen LogP contribution in [0.5, 0.6) is 0 Å². The van der Waals surface area contributed by atoms with Crippen molar-refractivity contribution in [2.75, 3.05) is 0 Å². The van der Waals surface area contributed by atoms with E-state index < -0.39 is 11.7 Å². The standard InChI is InChI=1S/C16H10Cl2F3N3/c1-24-15(9-5-2-3-7-11(9)16(19,20)21)22-14(23-24)10-6-4-8-12(17)13(10)18/h2-8H,1H3. The van der Waals surface area contributed by atoms with Gasteiger partial charge >= 0.3 is 6.18 Å². The zero-order valence-corrected chi connectivity index (χ0v) is 13.8. The SMILES string of the molecule is Cn1nc(-c2cccc(Cl)c2Cl)nc1-c1ccccc1C(F)(F)F. The number of aryl methyl sites for hydroxylation is 1. The second-order valence-electron chi connectivity index (χ2n) is 5.03. The number of halogens is 5. The van der Waals surface area contributed by atoms with Crippen LogP contribution in [0, 0.1) is 0 Å². The third kappa shape index (κ3) is 2.99. The third-order valence-electron chi connectivity index (χ3n) is 3.43. The van der Waals surface area contributed by atoms with Crippen LogP contribution in [-0.4, -0.2) is 14.8 Å². The van der Waals surface area contributed by atoms with Crippen molar-refractivity contribution in [3.05, 3.63) is 58.1 Å². The molecule has 0 bridgehead atoms. The molecule has 0 fully saturated rings. The first-order valence-electron chi connectivity index (χ1n) is 6.81. The Morgan fingerprint density at radius 3 is 2.33 bits per heavy atom. The van der Waals surface area contributed by atoms with Crippen molar-refractivity contribution in [2.45, 2.75) is 6.18 Å². The van der Waals surface area contributed by atoms with E-state index >= 15 is 0 Å². The van der Waals surface area contributed by atoms with Gasteiger partial charge in [-0.05, 0) is 18.2 Å². The fourth-order valence-corrected chi connectivity index (χ4v) is 2.72. The number of nitrogens with zero attached hydrogens (tertiary/aromatic N) is 3. The summed E-state index contributed by atoms with van der Waals surface area (Å²) in [6.07, 6.45) is -4.49. The Balaban J connectivity index is 2.17. The van der Waals surface area contributed by atoms with Crippen LogP contribution in [0.3, 0.4) is 0 Å². The average molecular weight is 372 g/mol. The van der Waals surface area contributed by atoms with Gasteiger partial charge < -0.3 is 0 Å². The largest absolute Gasteiger partial charge is 0.417 e. The van der Waals surface area contributed by atoms with Crippen molar-refractivity contribution in [3.8, 4) is 22.8 Å². The van der Waals surface area contributed by atoms with E-state index in [0.717, 1.165) is 6.07 Å². The van der Waals surface area contributed by atoms with Crippen LogP contribution in [0.25, 0.3) is 22.8 Å². The van der Waals surface area contributed by atoms with Gasteiger partial charge in [0.05, 0.1) is 15.6 Å². The highest BCUT2D eigenvalue weighted by Gasteiger charge is 2.34. The van der Waals surface area contributed by atoms with Crippen molar-refractivity contribution in [2.24, 2.45) is 7.05 Å². The van der Waals surface area contributed by atoms with Gasteiger partial charge in [0, 0.05) is 18.2 Å². The van der Waals surface area contributed by atoms with E-state index in [-0.39, 0.29) is 22.2 Å². The second kappa shape index (κ2) is 6.11. The van der Waals surface area contributed by atoms with Crippen molar-refractivity contribution >= 4 is 23.2 Å². The molecule has 3 rings (SSSR count). The molecule has 3 nitrogen and oxygen atoms in total. The highest BCUT2D eigenvalue weighted by atomic mass is 35.5. The van der Waals surface area contributed by atoms with E-state index in [9.17, 15) is 13.2 Å². The summed E-state index contributed by atoms with van der Waals surface area (Å²) in [6, 6.07) is 10.2. The minimum absolute atomic E-state index is 0.0515. The molecule has 0 saturated carbocycles. The Hall–Kier alpha value is -2.05. The number of benzene rings is 2. The van der Waals surface area contributed by atoms with E-state index in [1.54, 1.807) is 18.2 Å². The lowest BCUT2D eigenvalue weighted by atomic mass is 10.1. The maximum absolute atomic E-state index is 13.2. The van der Waals surface area contributed by atoms with Gasteiger partial charge in [-0.25, -0.2) is 9.67 Å². The van der Waals surface area contributed by atoms with Gasteiger partial charge in [0.15, 0.2) is 11.6 Å². The van der Waals surface area contributed by atoms with E-state index in [2.05, 4.69) is 10.1 Å². The molecule has 0 N–H and O–H groups in total. The minimum Gasteiger partial charge on any atom is -0.248 e. The molecule has 0 aliphatic carbocycles. The summed E-state index contributed by atoms with van der Waals surface area (Å²) in [4.78, 5) is 4.24. The van der Waals surface area contributed by atoms with Crippen LogP contribution in [0.2, 0.25) is 10.0 Å². The molecule has 124 valence electrons. The lowest BCUT2D eigenvalue weighted by Crippen LogP contribution is -2.08. The zero-order chi connectivity index (χ0) is 17.5. The molecule has 0 aliphatic heterocycles. The van der Waals surface area contributed by atoms with Gasteiger partial charge in [-0.3, -0.25) is 0 Å². The lowest BCUT2D eigenvalue weighted by molar-refractivity contribution is -0.137. The van der Waals surface area contributed by atoms with E-state index in [4.69, 9.17) is 23.2 Å². The second-order valence-corrected chi connectivity index (χ2v) is 5.81. The lowest BCUT2D eigenvalue weighted by Gasteiger charge is -2.11. The number of rotatable bonds is 2. The third-order valence-corrected chi connectivity index (χ3v) is 4.25. The Bertz CT molecular complexity index is 904. The first kappa shape index (κ1) is 16.8. The van der Waals surface area contributed by atoms with Crippen LogP contribution in [0.15, 0.2) is 42.5 Å². The van der Waals surface area contributed by atoms with Gasteiger partial charge in [0.2, 0.25) is 0 Å². The summed E-state index contributed by atoms with van der Waals surface area (Å²) < 4.78 is 40.9. The Morgan fingerprint density at radius 1 is 0.958 bits per heavy atom. The van der Waals surface area contributed by atoms with Crippen molar-refractivity contribution < 1.29 is 13.2 Å². The highest BCUT2D eigenvalue weighted by molar-refractivity contribution is 6.43. The summed E-state index contributed by atoms with van der Waals surface area (Å²) in [5.41, 5.74) is -0.371. The average Bonchev–Trinajstić information content (AvgIpc) is 2.91. The molecule has 0 atom stereocenters. The number of aromatic nitrogens is 3. The van der Waals surface area contributed by atoms with E-state index in [1.807, 2.05) is 0 Å². The molecule has 0 amide bonds. The van der Waals surface area contributed by atoms with Crippen LogP contribution < -0.4 is 0 Å². The molecule has 0 aliphatic rings. The van der Waals surface area contributed by atoms with Gasteiger partial charge in [-0.1, -0.05) is 47.5 Å². The monoisotopic (exact) mass is 371 g/mol. The summed E-state index contributed by atoms with van der Waals surface area (Å²) in [6.45, 7) is 0. The number of hydrogen-bond acceptors (Lipinski definition) is 2.